The molecule has 0 fully saturated rings. The van der Waals surface area contributed by atoms with Gasteiger partial charge in [0.05, 0.1) is 0 Å². The number of aliphatic hydroxyl groups excluding tert-OH is 1. The molecule has 0 aliphatic carbocycles. The van der Waals surface area contributed by atoms with Gasteiger partial charge in [-0.25, -0.2) is 0 Å². The summed E-state index contributed by atoms with van der Waals surface area (Å²) in [5, 5.41) is 11.6. The first kappa shape index (κ1) is 14.9. The van der Waals surface area contributed by atoms with Gasteiger partial charge in [0.25, 0.3) is 0 Å². The zero-order valence-corrected chi connectivity index (χ0v) is 10.7. The summed E-state index contributed by atoms with van der Waals surface area (Å²) in [7, 11) is 0. The fraction of sp³-hybridized carbons (Fsp3) is 0.615. The van der Waals surface area contributed by atoms with Gasteiger partial charge in [-0.3, -0.25) is 4.79 Å². The Hall–Kier alpha value is -1.09. The predicted octanol–water partition coefficient (Wildman–Crippen LogP) is 2.18. The summed E-state index contributed by atoms with van der Waals surface area (Å²) in [5.41, 5.74) is 2.58. The zero-order chi connectivity index (χ0) is 12.6. The monoisotopic (exact) mass is 225 g/mol. The van der Waals surface area contributed by atoms with Gasteiger partial charge in [-0.1, -0.05) is 23.3 Å². The molecule has 2 N–H and O–H groups in total. The summed E-state index contributed by atoms with van der Waals surface area (Å²) in [5.74, 6) is -0.326. The third-order valence-corrected chi connectivity index (χ3v) is 2.20. The van der Waals surface area contributed by atoms with E-state index in [-0.39, 0.29) is 5.91 Å². The fourth-order valence-electron chi connectivity index (χ4n) is 1.16. The van der Waals surface area contributed by atoms with E-state index in [1.165, 1.54) is 18.1 Å². The van der Waals surface area contributed by atoms with Crippen LogP contribution in [0.2, 0.25) is 0 Å². The van der Waals surface area contributed by atoms with Gasteiger partial charge in [-0.05, 0) is 40.5 Å². The fourth-order valence-corrected chi connectivity index (χ4v) is 1.16. The molecule has 0 bridgehead atoms. The minimum Gasteiger partial charge on any atom is -0.384 e. The highest BCUT2D eigenvalue weighted by Gasteiger charge is 2.05. The largest absolute Gasteiger partial charge is 0.384 e. The predicted molar refractivity (Wildman–Crippen MR) is 67.1 cm³/mol. The number of amides is 1. The van der Waals surface area contributed by atoms with Gasteiger partial charge < -0.3 is 10.4 Å². The van der Waals surface area contributed by atoms with Crippen LogP contribution in [-0.2, 0) is 4.79 Å². The SMILES string of the molecule is CC(C)=CCC/C(C)=C/CNC(=O)C(C)O. The van der Waals surface area contributed by atoms with Crippen molar-refractivity contribution < 1.29 is 9.90 Å². The average molecular weight is 225 g/mol. The van der Waals surface area contributed by atoms with Gasteiger partial charge in [0.2, 0.25) is 5.91 Å². The molecule has 0 aliphatic rings. The Bertz CT molecular complexity index is 274. The maximum Gasteiger partial charge on any atom is 0.248 e. The Morgan fingerprint density at radius 1 is 1.31 bits per heavy atom. The number of rotatable bonds is 6. The highest BCUT2D eigenvalue weighted by Crippen LogP contribution is 2.05. The van der Waals surface area contributed by atoms with Gasteiger partial charge in [-0.2, -0.15) is 0 Å². The Morgan fingerprint density at radius 3 is 2.44 bits per heavy atom. The lowest BCUT2D eigenvalue weighted by atomic mass is 10.1. The summed E-state index contributed by atoms with van der Waals surface area (Å²) >= 11 is 0. The van der Waals surface area contributed by atoms with E-state index in [2.05, 4.69) is 25.2 Å². The molecule has 0 radical (unpaired) electrons. The lowest BCUT2D eigenvalue weighted by molar-refractivity contribution is -0.128. The first-order chi connectivity index (χ1) is 7.43. The normalized spacial score (nSPS) is 13.2. The summed E-state index contributed by atoms with van der Waals surface area (Å²) in [4.78, 5) is 11.0. The molecule has 0 heterocycles. The van der Waals surface area contributed by atoms with Crippen LogP contribution in [0.25, 0.3) is 0 Å². The highest BCUT2D eigenvalue weighted by molar-refractivity contribution is 5.80. The molecule has 0 aromatic heterocycles. The lowest BCUT2D eigenvalue weighted by Gasteiger charge is -2.05. The average Bonchev–Trinajstić information content (AvgIpc) is 2.16. The second kappa shape index (κ2) is 8.11. The minimum absolute atomic E-state index is 0.326. The number of hydrogen-bond acceptors (Lipinski definition) is 2. The molecule has 3 heteroatoms. The van der Waals surface area contributed by atoms with Gasteiger partial charge in [0, 0.05) is 6.54 Å². The van der Waals surface area contributed by atoms with Crippen LogP contribution < -0.4 is 5.32 Å². The maximum absolute atomic E-state index is 11.0. The third kappa shape index (κ3) is 8.24. The van der Waals surface area contributed by atoms with Crippen LogP contribution in [0, 0.1) is 0 Å². The molecular weight excluding hydrogens is 202 g/mol. The van der Waals surface area contributed by atoms with E-state index >= 15 is 0 Å². The van der Waals surface area contributed by atoms with Crippen LogP contribution >= 0.6 is 0 Å². The quantitative estimate of drug-likeness (QED) is 0.681. The molecule has 0 aromatic carbocycles. The molecule has 1 amide bonds. The number of aliphatic hydroxyl groups is 1. The molecule has 0 saturated carbocycles. The molecule has 3 nitrogen and oxygen atoms in total. The standard InChI is InChI=1S/C13H23NO2/c1-10(2)6-5-7-11(3)8-9-14-13(16)12(4)15/h6,8,12,15H,5,7,9H2,1-4H3,(H,14,16)/b11-8+. The molecule has 1 atom stereocenters. The van der Waals surface area contributed by atoms with Crippen molar-refractivity contribution in [1.82, 2.24) is 5.32 Å². The summed E-state index contributed by atoms with van der Waals surface area (Å²) in [6, 6.07) is 0. The molecular formula is C13H23NO2. The zero-order valence-electron chi connectivity index (χ0n) is 10.7. The van der Waals surface area contributed by atoms with E-state index in [0.717, 1.165) is 12.8 Å². The second-order valence-corrected chi connectivity index (χ2v) is 4.29. The number of nitrogens with one attached hydrogen (secondary N) is 1. The molecule has 0 rings (SSSR count). The first-order valence-corrected chi connectivity index (χ1v) is 5.68. The van der Waals surface area contributed by atoms with Crippen LogP contribution in [0.4, 0.5) is 0 Å². The highest BCUT2D eigenvalue weighted by atomic mass is 16.3. The Morgan fingerprint density at radius 2 is 1.94 bits per heavy atom. The Kier molecular flexibility index (Phi) is 7.56. The van der Waals surface area contributed by atoms with Crippen molar-refractivity contribution in [2.45, 2.75) is 46.6 Å². The molecule has 0 saturated heterocycles. The van der Waals surface area contributed by atoms with E-state index in [4.69, 9.17) is 5.11 Å². The molecule has 0 aromatic rings. The number of carbonyl (C=O) groups is 1. The summed E-state index contributed by atoms with van der Waals surface area (Å²) in [6.45, 7) is 8.17. The first-order valence-electron chi connectivity index (χ1n) is 5.68. The molecule has 1 unspecified atom stereocenters. The lowest BCUT2D eigenvalue weighted by Crippen LogP contribution is -2.32. The smallest absolute Gasteiger partial charge is 0.248 e. The topological polar surface area (TPSA) is 49.3 Å². The number of carbonyl (C=O) groups excluding carboxylic acids is 1. The van der Waals surface area contributed by atoms with E-state index < -0.39 is 6.10 Å². The molecule has 92 valence electrons. The summed E-state index contributed by atoms with van der Waals surface area (Å²) in [6.07, 6.45) is 5.30. The van der Waals surface area contributed by atoms with Crippen molar-refractivity contribution in [3.63, 3.8) is 0 Å². The van der Waals surface area contributed by atoms with Crippen molar-refractivity contribution in [2.24, 2.45) is 0 Å². The molecule has 0 spiro atoms. The van der Waals surface area contributed by atoms with E-state index in [1.807, 2.05) is 13.0 Å². The molecule has 16 heavy (non-hydrogen) atoms. The van der Waals surface area contributed by atoms with Crippen LogP contribution in [-0.4, -0.2) is 23.7 Å². The van der Waals surface area contributed by atoms with Crippen molar-refractivity contribution in [3.05, 3.63) is 23.3 Å². The van der Waals surface area contributed by atoms with E-state index in [9.17, 15) is 4.79 Å². The van der Waals surface area contributed by atoms with E-state index in [1.54, 1.807) is 0 Å². The van der Waals surface area contributed by atoms with Crippen molar-refractivity contribution in [2.75, 3.05) is 6.54 Å². The Labute approximate surface area is 98.2 Å². The van der Waals surface area contributed by atoms with Crippen molar-refractivity contribution >= 4 is 5.91 Å². The van der Waals surface area contributed by atoms with Crippen LogP contribution in [0.5, 0.6) is 0 Å². The third-order valence-electron chi connectivity index (χ3n) is 2.20. The summed E-state index contributed by atoms with van der Waals surface area (Å²) < 4.78 is 0. The van der Waals surface area contributed by atoms with E-state index in [0.29, 0.717) is 6.54 Å². The van der Waals surface area contributed by atoms with Crippen LogP contribution in [0.3, 0.4) is 0 Å². The van der Waals surface area contributed by atoms with Crippen LogP contribution in [0.1, 0.15) is 40.5 Å². The Balaban J connectivity index is 3.79. The van der Waals surface area contributed by atoms with Crippen LogP contribution in [0.15, 0.2) is 23.3 Å². The second-order valence-electron chi connectivity index (χ2n) is 4.29. The van der Waals surface area contributed by atoms with Gasteiger partial charge >= 0.3 is 0 Å². The number of hydrogen-bond donors (Lipinski definition) is 2. The minimum atomic E-state index is -0.931. The van der Waals surface area contributed by atoms with Crippen molar-refractivity contribution in [1.29, 1.82) is 0 Å². The molecule has 0 aliphatic heterocycles. The van der Waals surface area contributed by atoms with Gasteiger partial charge in [0.15, 0.2) is 0 Å². The van der Waals surface area contributed by atoms with Gasteiger partial charge in [-0.15, -0.1) is 0 Å². The van der Waals surface area contributed by atoms with Crippen molar-refractivity contribution in [3.8, 4) is 0 Å². The number of allylic oxidation sites excluding steroid dienone is 3. The van der Waals surface area contributed by atoms with Gasteiger partial charge in [0.1, 0.15) is 6.10 Å². The maximum atomic E-state index is 11.0.